The van der Waals surface area contributed by atoms with E-state index < -0.39 is 10.0 Å². The van der Waals surface area contributed by atoms with Gasteiger partial charge in [-0.3, -0.25) is 4.79 Å². The molecule has 0 aromatic carbocycles. The van der Waals surface area contributed by atoms with Crippen LogP contribution >= 0.6 is 0 Å². The first kappa shape index (κ1) is 10.9. The minimum absolute atomic E-state index is 0.0420. The molecule has 0 unspecified atom stereocenters. The summed E-state index contributed by atoms with van der Waals surface area (Å²) in [6.45, 7) is 3.33. The number of sulfonamides is 1. The topological polar surface area (TPSA) is 66.5 Å². The summed E-state index contributed by atoms with van der Waals surface area (Å²) in [5.41, 5.74) is 0. The molecule has 1 amide bonds. The molecule has 1 N–H and O–H groups in total. The van der Waals surface area contributed by atoms with Crippen molar-refractivity contribution in [1.82, 2.24) is 9.62 Å². The zero-order chi connectivity index (χ0) is 11.1. The number of carbonyl (C=O) groups excluding carboxylic acids is 1. The molecule has 5 nitrogen and oxygen atoms in total. The van der Waals surface area contributed by atoms with Crippen LogP contribution in [0.4, 0.5) is 0 Å². The smallest absolute Gasteiger partial charge is 0.219 e. The third-order valence-electron chi connectivity index (χ3n) is 3.37. The van der Waals surface area contributed by atoms with E-state index in [2.05, 4.69) is 4.72 Å². The normalized spacial score (nSPS) is 34.6. The molecule has 2 atom stereocenters. The van der Waals surface area contributed by atoms with Crippen LogP contribution in [0.2, 0.25) is 0 Å². The highest BCUT2D eigenvalue weighted by atomic mass is 32.2. The van der Waals surface area contributed by atoms with Crippen LogP contribution in [-0.2, 0) is 14.8 Å². The van der Waals surface area contributed by atoms with E-state index >= 15 is 0 Å². The van der Waals surface area contributed by atoms with Crippen LogP contribution in [-0.4, -0.2) is 44.1 Å². The molecule has 6 heteroatoms. The van der Waals surface area contributed by atoms with Gasteiger partial charge in [-0.2, -0.15) is 0 Å². The van der Waals surface area contributed by atoms with Crippen LogP contribution in [0.25, 0.3) is 0 Å². The van der Waals surface area contributed by atoms with Gasteiger partial charge in [-0.25, -0.2) is 13.1 Å². The average molecular weight is 232 g/mol. The Hall–Kier alpha value is -0.620. The zero-order valence-corrected chi connectivity index (χ0v) is 9.59. The van der Waals surface area contributed by atoms with E-state index in [1.165, 1.54) is 6.92 Å². The molecule has 0 saturated carbocycles. The van der Waals surface area contributed by atoms with Crippen molar-refractivity contribution in [1.29, 1.82) is 0 Å². The Labute approximate surface area is 89.9 Å². The van der Waals surface area contributed by atoms with E-state index in [0.717, 1.165) is 6.42 Å². The molecule has 2 saturated heterocycles. The van der Waals surface area contributed by atoms with Crippen molar-refractivity contribution in [3.63, 3.8) is 0 Å². The van der Waals surface area contributed by atoms with Gasteiger partial charge in [0.15, 0.2) is 0 Å². The van der Waals surface area contributed by atoms with Gasteiger partial charge in [0.1, 0.15) is 0 Å². The summed E-state index contributed by atoms with van der Waals surface area (Å²) in [7, 11) is -3.11. The maximum Gasteiger partial charge on any atom is 0.219 e. The van der Waals surface area contributed by atoms with Crippen molar-refractivity contribution in [3.8, 4) is 0 Å². The standard InChI is InChI=1S/C9H16N2O3S/c1-7(12)11-4-2-8-6-10-15(13,14)9(8)3-5-11/h8-10H,2-6H2,1H3/t8-,9-/m1/s1. The Morgan fingerprint density at radius 2 is 2.00 bits per heavy atom. The van der Waals surface area contributed by atoms with E-state index in [1.807, 2.05) is 0 Å². The summed E-state index contributed by atoms with van der Waals surface area (Å²) in [5.74, 6) is 0.222. The van der Waals surface area contributed by atoms with Crippen LogP contribution < -0.4 is 4.72 Å². The number of rotatable bonds is 0. The SMILES string of the molecule is CC(=O)N1CC[C@@H]2CNS(=O)(=O)[C@@H]2CC1. The number of likely N-dealkylation sites (tertiary alicyclic amines) is 1. The molecule has 2 aliphatic rings. The summed E-state index contributed by atoms with van der Waals surface area (Å²) in [6, 6.07) is 0. The third kappa shape index (κ3) is 2.01. The number of hydrogen-bond acceptors (Lipinski definition) is 3. The molecule has 0 spiro atoms. The Bertz CT molecular complexity index is 366. The quantitative estimate of drug-likeness (QED) is 0.615. The molecular formula is C9H16N2O3S. The van der Waals surface area contributed by atoms with Crippen molar-refractivity contribution in [2.75, 3.05) is 19.6 Å². The second kappa shape index (κ2) is 3.75. The Morgan fingerprint density at radius 1 is 1.33 bits per heavy atom. The van der Waals surface area contributed by atoms with Gasteiger partial charge in [0.2, 0.25) is 15.9 Å². The number of hydrogen-bond donors (Lipinski definition) is 1. The van der Waals surface area contributed by atoms with Gasteiger partial charge < -0.3 is 4.90 Å². The van der Waals surface area contributed by atoms with Gasteiger partial charge in [-0.15, -0.1) is 0 Å². The maximum atomic E-state index is 11.6. The van der Waals surface area contributed by atoms with Crippen LogP contribution in [0.1, 0.15) is 19.8 Å². The number of nitrogens with one attached hydrogen (secondary N) is 1. The summed E-state index contributed by atoms with van der Waals surface area (Å²) in [6.07, 6.45) is 1.36. The molecule has 86 valence electrons. The molecule has 2 aliphatic heterocycles. The predicted octanol–water partition coefficient (Wildman–Crippen LogP) is -0.453. The van der Waals surface area contributed by atoms with Crippen molar-refractivity contribution in [3.05, 3.63) is 0 Å². The first-order valence-electron chi connectivity index (χ1n) is 5.24. The lowest BCUT2D eigenvalue weighted by Crippen LogP contribution is -2.31. The Morgan fingerprint density at radius 3 is 2.67 bits per heavy atom. The van der Waals surface area contributed by atoms with Gasteiger partial charge >= 0.3 is 0 Å². The van der Waals surface area contributed by atoms with E-state index in [0.29, 0.717) is 26.1 Å². The van der Waals surface area contributed by atoms with Gasteiger partial charge in [0.05, 0.1) is 5.25 Å². The lowest BCUT2D eigenvalue weighted by molar-refractivity contribution is -0.128. The Balaban J connectivity index is 2.12. The van der Waals surface area contributed by atoms with Crippen LogP contribution in [0.15, 0.2) is 0 Å². The van der Waals surface area contributed by atoms with E-state index in [9.17, 15) is 13.2 Å². The summed E-state index contributed by atoms with van der Waals surface area (Å²) >= 11 is 0. The molecule has 0 aromatic heterocycles. The number of amides is 1. The first-order chi connectivity index (χ1) is 7.00. The molecule has 0 aromatic rings. The molecule has 2 rings (SSSR count). The second-order valence-corrected chi connectivity index (χ2v) is 6.26. The van der Waals surface area contributed by atoms with Gasteiger partial charge in [0.25, 0.3) is 0 Å². The van der Waals surface area contributed by atoms with E-state index in [4.69, 9.17) is 0 Å². The number of carbonyl (C=O) groups is 1. The van der Waals surface area contributed by atoms with Crippen LogP contribution in [0.3, 0.4) is 0 Å². The molecule has 15 heavy (non-hydrogen) atoms. The fraction of sp³-hybridized carbons (Fsp3) is 0.889. The van der Waals surface area contributed by atoms with Gasteiger partial charge in [0, 0.05) is 26.6 Å². The first-order valence-corrected chi connectivity index (χ1v) is 6.79. The monoisotopic (exact) mass is 232 g/mol. The fourth-order valence-electron chi connectivity index (χ4n) is 2.43. The van der Waals surface area contributed by atoms with E-state index in [1.54, 1.807) is 4.90 Å². The molecule has 2 fully saturated rings. The summed E-state index contributed by atoms with van der Waals surface area (Å²) < 4.78 is 25.8. The van der Waals surface area contributed by atoms with E-state index in [-0.39, 0.29) is 17.1 Å². The van der Waals surface area contributed by atoms with Gasteiger partial charge in [-0.1, -0.05) is 0 Å². The number of nitrogens with zero attached hydrogens (tertiary/aromatic N) is 1. The maximum absolute atomic E-state index is 11.6. The predicted molar refractivity (Wildman–Crippen MR) is 55.7 cm³/mol. The molecule has 2 heterocycles. The molecule has 0 radical (unpaired) electrons. The van der Waals surface area contributed by atoms with Crippen molar-refractivity contribution < 1.29 is 13.2 Å². The minimum atomic E-state index is -3.11. The lowest BCUT2D eigenvalue weighted by Gasteiger charge is -2.18. The van der Waals surface area contributed by atoms with Crippen molar-refractivity contribution >= 4 is 15.9 Å². The fourth-order valence-corrected chi connectivity index (χ4v) is 4.24. The van der Waals surface area contributed by atoms with Crippen LogP contribution in [0.5, 0.6) is 0 Å². The molecule has 0 bridgehead atoms. The summed E-state index contributed by atoms with van der Waals surface area (Å²) in [4.78, 5) is 12.9. The highest BCUT2D eigenvalue weighted by Gasteiger charge is 2.41. The number of fused-ring (bicyclic) bond motifs is 1. The van der Waals surface area contributed by atoms with Crippen LogP contribution in [0, 0.1) is 5.92 Å². The molecule has 0 aliphatic carbocycles. The minimum Gasteiger partial charge on any atom is -0.343 e. The largest absolute Gasteiger partial charge is 0.343 e. The molecular weight excluding hydrogens is 216 g/mol. The van der Waals surface area contributed by atoms with Crippen molar-refractivity contribution in [2.24, 2.45) is 5.92 Å². The summed E-state index contributed by atoms with van der Waals surface area (Å²) in [5, 5.41) is -0.290. The van der Waals surface area contributed by atoms with Crippen molar-refractivity contribution in [2.45, 2.75) is 25.0 Å². The highest BCUT2D eigenvalue weighted by Crippen LogP contribution is 2.27. The second-order valence-electron chi connectivity index (χ2n) is 4.28. The Kier molecular flexibility index (Phi) is 2.72. The highest BCUT2D eigenvalue weighted by molar-refractivity contribution is 7.90. The zero-order valence-electron chi connectivity index (χ0n) is 8.77. The third-order valence-corrected chi connectivity index (χ3v) is 5.36. The lowest BCUT2D eigenvalue weighted by atomic mass is 10.0. The average Bonchev–Trinajstić information content (AvgIpc) is 2.38. The van der Waals surface area contributed by atoms with Gasteiger partial charge in [-0.05, 0) is 18.8 Å².